The molecule has 0 saturated heterocycles. The fourth-order valence-electron chi connectivity index (χ4n) is 1.05. The second kappa shape index (κ2) is 4.97. The number of nitrogens with one attached hydrogen (secondary N) is 1. The third-order valence-corrected chi connectivity index (χ3v) is 2.24. The Morgan fingerprint density at radius 1 is 1.64 bits per heavy atom. The van der Waals surface area contributed by atoms with Crippen molar-refractivity contribution in [3.8, 4) is 0 Å². The van der Waals surface area contributed by atoms with Gasteiger partial charge in [-0.15, -0.1) is 0 Å². The van der Waals surface area contributed by atoms with Crippen molar-refractivity contribution in [2.24, 2.45) is 5.73 Å². The molecule has 0 aliphatic heterocycles. The minimum Gasteiger partial charge on any atom is -0.465 e. The van der Waals surface area contributed by atoms with Crippen LogP contribution < -0.4 is 11.1 Å². The predicted molar refractivity (Wildman–Crippen MR) is 57.1 cm³/mol. The van der Waals surface area contributed by atoms with Crippen molar-refractivity contribution in [2.75, 3.05) is 6.54 Å². The predicted octanol–water partition coefficient (Wildman–Crippen LogP) is 1.72. The average Bonchev–Trinajstić information content (AvgIpc) is 2.14. The number of rotatable bonds is 3. The number of benzene rings is 1. The number of carbonyl (C=O) groups is 1. The summed E-state index contributed by atoms with van der Waals surface area (Å²) >= 11 is 3.32. The van der Waals surface area contributed by atoms with Crippen molar-refractivity contribution in [2.45, 2.75) is 6.04 Å². The molecule has 5 heteroatoms. The highest BCUT2D eigenvalue weighted by Crippen LogP contribution is 2.15. The Kier molecular flexibility index (Phi) is 3.91. The van der Waals surface area contributed by atoms with Crippen LogP contribution in [0.2, 0.25) is 0 Å². The van der Waals surface area contributed by atoms with Gasteiger partial charge in [-0.1, -0.05) is 28.1 Å². The van der Waals surface area contributed by atoms with Gasteiger partial charge in [-0.3, -0.25) is 0 Å². The number of halogens is 1. The summed E-state index contributed by atoms with van der Waals surface area (Å²) in [6.07, 6.45) is -1.06. The van der Waals surface area contributed by atoms with Crippen molar-refractivity contribution in [3.63, 3.8) is 0 Å². The molecule has 0 radical (unpaired) electrons. The van der Waals surface area contributed by atoms with E-state index in [2.05, 4.69) is 21.2 Å². The van der Waals surface area contributed by atoms with Gasteiger partial charge >= 0.3 is 6.09 Å². The van der Waals surface area contributed by atoms with E-state index in [4.69, 9.17) is 10.8 Å². The molecule has 0 fully saturated rings. The minimum atomic E-state index is -1.06. The molecular formula is C9H11BrN2O2. The van der Waals surface area contributed by atoms with E-state index in [0.717, 1.165) is 10.0 Å². The summed E-state index contributed by atoms with van der Waals surface area (Å²) in [5.41, 5.74) is 6.66. The van der Waals surface area contributed by atoms with Crippen molar-refractivity contribution < 1.29 is 9.90 Å². The molecule has 0 unspecified atom stereocenters. The van der Waals surface area contributed by atoms with Gasteiger partial charge in [0.15, 0.2) is 0 Å². The molecule has 76 valence electrons. The van der Waals surface area contributed by atoms with E-state index < -0.39 is 6.09 Å². The molecule has 0 aliphatic carbocycles. The summed E-state index contributed by atoms with van der Waals surface area (Å²) in [5, 5.41) is 10.6. The molecule has 1 aromatic carbocycles. The number of carboxylic acid groups (broad SMARTS) is 1. The van der Waals surface area contributed by atoms with Crippen LogP contribution in [0.3, 0.4) is 0 Å². The van der Waals surface area contributed by atoms with Crippen LogP contribution in [0, 0.1) is 0 Å². The summed E-state index contributed by atoms with van der Waals surface area (Å²) in [6.45, 7) is 0.214. The standard InChI is InChI=1S/C9H11BrN2O2/c10-7-3-1-2-6(4-7)8(11)5-12-9(13)14/h1-4,8,12H,5,11H2,(H,13,14)/t8-/m1/s1. The van der Waals surface area contributed by atoms with Gasteiger partial charge in [0.1, 0.15) is 0 Å². The normalized spacial score (nSPS) is 12.1. The lowest BCUT2D eigenvalue weighted by molar-refractivity contribution is 0.193. The summed E-state index contributed by atoms with van der Waals surface area (Å²) < 4.78 is 0.931. The molecule has 1 amide bonds. The van der Waals surface area contributed by atoms with Crippen LogP contribution in [0.25, 0.3) is 0 Å². The monoisotopic (exact) mass is 258 g/mol. The maximum atomic E-state index is 10.2. The van der Waals surface area contributed by atoms with Crippen LogP contribution in [-0.2, 0) is 0 Å². The molecule has 14 heavy (non-hydrogen) atoms. The molecule has 0 bridgehead atoms. The van der Waals surface area contributed by atoms with Crippen LogP contribution in [0.5, 0.6) is 0 Å². The lowest BCUT2D eigenvalue weighted by Crippen LogP contribution is -2.30. The Hall–Kier alpha value is -1.07. The van der Waals surface area contributed by atoms with Crippen molar-refractivity contribution in [1.29, 1.82) is 0 Å². The highest BCUT2D eigenvalue weighted by Gasteiger charge is 2.06. The van der Waals surface area contributed by atoms with Gasteiger partial charge < -0.3 is 16.2 Å². The van der Waals surface area contributed by atoms with E-state index in [1.165, 1.54) is 0 Å². The number of hydrogen-bond acceptors (Lipinski definition) is 2. The SMILES string of the molecule is N[C@H](CNC(=O)O)c1cccc(Br)c1. The molecule has 0 spiro atoms. The zero-order valence-corrected chi connectivity index (χ0v) is 8.99. The lowest BCUT2D eigenvalue weighted by atomic mass is 10.1. The van der Waals surface area contributed by atoms with E-state index in [9.17, 15) is 4.79 Å². The Morgan fingerprint density at radius 2 is 2.36 bits per heavy atom. The molecule has 4 N–H and O–H groups in total. The zero-order chi connectivity index (χ0) is 10.6. The highest BCUT2D eigenvalue weighted by atomic mass is 79.9. The van der Waals surface area contributed by atoms with Gasteiger partial charge in [0.25, 0.3) is 0 Å². The maximum absolute atomic E-state index is 10.2. The molecule has 0 aliphatic rings. The van der Waals surface area contributed by atoms with Crippen LogP contribution in [0.1, 0.15) is 11.6 Å². The van der Waals surface area contributed by atoms with Crippen LogP contribution in [0.15, 0.2) is 28.7 Å². The summed E-state index contributed by atoms with van der Waals surface area (Å²) in [5.74, 6) is 0. The Balaban J connectivity index is 2.60. The minimum absolute atomic E-state index is 0.214. The highest BCUT2D eigenvalue weighted by molar-refractivity contribution is 9.10. The van der Waals surface area contributed by atoms with Gasteiger partial charge in [-0.2, -0.15) is 0 Å². The van der Waals surface area contributed by atoms with E-state index in [1.54, 1.807) is 0 Å². The Morgan fingerprint density at radius 3 is 2.93 bits per heavy atom. The maximum Gasteiger partial charge on any atom is 0.404 e. The van der Waals surface area contributed by atoms with E-state index >= 15 is 0 Å². The van der Waals surface area contributed by atoms with Crippen LogP contribution in [0.4, 0.5) is 4.79 Å². The first-order valence-electron chi connectivity index (χ1n) is 4.07. The number of nitrogens with two attached hydrogens (primary N) is 1. The molecule has 0 aromatic heterocycles. The van der Waals surface area contributed by atoms with E-state index in [-0.39, 0.29) is 12.6 Å². The van der Waals surface area contributed by atoms with E-state index in [0.29, 0.717) is 0 Å². The molecule has 0 saturated carbocycles. The van der Waals surface area contributed by atoms with Crippen molar-refractivity contribution in [3.05, 3.63) is 34.3 Å². The van der Waals surface area contributed by atoms with Crippen LogP contribution >= 0.6 is 15.9 Å². The van der Waals surface area contributed by atoms with E-state index in [1.807, 2.05) is 24.3 Å². The van der Waals surface area contributed by atoms with Crippen molar-refractivity contribution in [1.82, 2.24) is 5.32 Å². The topological polar surface area (TPSA) is 75.3 Å². The first kappa shape index (κ1) is 11.0. The fourth-order valence-corrected chi connectivity index (χ4v) is 1.47. The Bertz CT molecular complexity index is 330. The fraction of sp³-hybridized carbons (Fsp3) is 0.222. The number of hydrogen-bond donors (Lipinski definition) is 3. The van der Waals surface area contributed by atoms with Gasteiger partial charge in [0, 0.05) is 17.1 Å². The van der Waals surface area contributed by atoms with Gasteiger partial charge in [-0.25, -0.2) is 4.79 Å². The third-order valence-electron chi connectivity index (χ3n) is 1.75. The molecular weight excluding hydrogens is 248 g/mol. The van der Waals surface area contributed by atoms with Gasteiger partial charge in [0.05, 0.1) is 0 Å². The number of amides is 1. The summed E-state index contributed by atoms with van der Waals surface area (Å²) in [6, 6.07) is 7.16. The Labute approximate surface area is 90.2 Å². The van der Waals surface area contributed by atoms with Crippen molar-refractivity contribution >= 4 is 22.0 Å². The summed E-state index contributed by atoms with van der Waals surface area (Å²) in [4.78, 5) is 10.2. The molecule has 1 aromatic rings. The van der Waals surface area contributed by atoms with Gasteiger partial charge in [-0.05, 0) is 17.7 Å². The first-order chi connectivity index (χ1) is 6.59. The van der Waals surface area contributed by atoms with Gasteiger partial charge in [0.2, 0.25) is 0 Å². The third kappa shape index (κ3) is 3.35. The molecule has 1 atom stereocenters. The first-order valence-corrected chi connectivity index (χ1v) is 4.86. The average molecular weight is 259 g/mol. The lowest BCUT2D eigenvalue weighted by Gasteiger charge is -2.11. The second-order valence-corrected chi connectivity index (χ2v) is 3.76. The van der Waals surface area contributed by atoms with Crippen LogP contribution in [-0.4, -0.2) is 17.7 Å². The summed E-state index contributed by atoms with van der Waals surface area (Å²) in [7, 11) is 0. The molecule has 4 nitrogen and oxygen atoms in total. The zero-order valence-electron chi connectivity index (χ0n) is 7.40. The smallest absolute Gasteiger partial charge is 0.404 e. The molecule has 1 rings (SSSR count). The quantitative estimate of drug-likeness (QED) is 0.773. The molecule has 0 heterocycles. The largest absolute Gasteiger partial charge is 0.465 e. The second-order valence-electron chi connectivity index (χ2n) is 2.85.